The van der Waals surface area contributed by atoms with Crippen molar-refractivity contribution in [2.75, 3.05) is 55.6 Å². The second-order valence-electron chi connectivity index (χ2n) is 8.00. The van der Waals surface area contributed by atoms with Gasteiger partial charge in [0.1, 0.15) is 0 Å². The van der Waals surface area contributed by atoms with Crippen molar-refractivity contribution in [1.82, 2.24) is 15.0 Å². The Morgan fingerprint density at radius 2 is 1.34 bits per heavy atom. The smallest absolute Gasteiger partial charge is 0.250 e. The second kappa shape index (κ2) is 10.3. The van der Waals surface area contributed by atoms with Crippen molar-refractivity contribution in [3.63, 3.8) is 0 Å². The van der Waals surface area contributed by atoms with Crippen LogP contribution in [0.1, 0.15) is 44.1 Å². The molecular formula is C22H31N7O3. The lowest BCUT2D eigenvalue weighted by atomic mass is 10.1. The first-order valence-corrected chi connectivity index (χ1v) is 11.2. The summed E-state index contributed by atoms with van der Waals surface area (Å²) in [6.45, 7) is 3.83. The summed E-state index contributed by atoms with van der Waals surface area (Å²) in [5, 5.41) is 14.4. The lowest BCUT2D eigenvalue weighted by molar-refractivity contribution is 0.340. The van der Waals surface area contributed by atoms with E-state index in [1.807, 2.05) is 0 Å². The molecule has 2 fully saturated rings. The van der Waals surface area contributed by atoms with E-state index in [2.05, 4.69) is 30.3 Å². The van der Waals surface area contributed by atoms with Crippen molar-refractivity contribution < 1.29 is 14.6 Å². The van der Waals surface area contributed by atoms with Crippen LogP contribution in [-0.4, -0.2) is 66.7 Å². The van der Waals surface area contributed by atoms with Gasteiger partial charge in [-0.25, -0.2) is 5.43 Å². The maximum atomic E-state index is 10.1. The topological polar surface area (TPSA) is 108 Å². The van der Waals surface area contributed by atoms with Crippen molar-refractivity contribution in [2.24, 2.45) is 5.10 Å². The molecule has 10 heteroatoms. The van der Waals surface area contributed by atoms with Gasteiger partial charge in [-0.05, 0) is 50.7 Å². The molecule has 0 bridgehead atoms. The minimum atomic E-state index is -0.0464. The summed E-state index contributed by atoms with van der Waals surface area (Å²) in [6.07, 6.45) is 8.69. The van der Waals surface area contributed by atoms with Gasteiger partial charge < -0.3 is 24.4 Å². The van der Waals surface area contributed by atoms with Gasteiger partial charge >= 0.3 is 0 Å². The maximum Gasteiger partial charge on any atom is 0.250 e. The highest BCUT2D eigenvalue weighted by atomic mass is 16.5. The van der Waals surface area contributed by atoms with E-state index in [4.69, 9.17) is 14.5 Å². The average Bonchev–Trinajstić information content (AvgIpc) is 2.85. The summed E-state index contributed by atoms with van der Waals surface area (Å²) in [7, 11) is 2.98. The Balaban J connectivity index is 1.56. The molecule has 2 aromatic rings. The molecule has 2 aliphatic heterocycles. The third-order valence-corrected chi connectivity index (χ3v) is 5.77. The van der Waals surface area contributed by atoms with E-state index in [0.717, 1.165) is 51.9 Å². The summed E-state index contributed by atoms with van der Waals surface area (Å²) in [5.74, 6) is 2.39. The van der Waals surface area contributed by atoms with E-state index in [0.29, 0.717) is 34.9 Å². The van der Waals surface area contributed by atoms with Crippen LogP contribution in [0.3, 0.4) is 0 Å². The number of piperidine rings is 2. The predicted octanol–water partition coefficient (Wildman–Crippen LogP) is 3.02. The molecule has 2 N–H and O–H groups in total. The van der Waals surface area contributed by atoms with Crippen molar-refractivity contribution in [3.05, 3.63) is 17.7 Å². The van der Waals surface area contributed by atoms with E-state index in [1.54, 1.807) is 18.3 Å². The van der Waals surface area contributed by atoms with E-state index in [-0.39, 0.29) is 5.75 Å². The Kier molecular flexibility index (Phi) is 7.08. The first kappa shape index (κ1) is 21.9. The molecule has 0 radical (unpaired) electrons. The van der Waals surface area contributed by atoms with Crippen LogP contribution in [0, 0.1) is 0 Å². The van der Waals surface area contributed by atoms with Crippen LogP contribution in [0.15, 0.2) is 17.2 Å². The summed E-state index contributed by atoms with van der Waals surface area (Å²) >= 11 is 0. The fourth-order valence-corrected chi connectivity index (χ4v) is 4.03. The van der Waals surface area contributed by atoms with Gasteiger partial charge in [0, 0.05) is 31.7 Å². The Bertz CT molecular complexity index is 880. The molecule has 4 rings (SSSR count). The van der Waals surface area contributed by atoms with Crippen LogP contribution in [0.25, 0.3) is 0 Å². The first-order valence-electron chi connectivity index (χ1n) is 11.2. The van der Waals surface area contributed by atoms with Gasteiger partial charge in [-0.2, -0.15) is 20.1 Å². The van der Waals surface area contributed by atoms with E-state index < -0.39 is 0 Å². The fourth-order valence-electron chi connectivity index (χ4n) is 4.03. The highest BCUT2D eigenvalue weighted by Gasteiger charge is 2.20. The number of phenolic OH excluding ortho intramolecular Hbond substituents is 1. The number of methoxy groups -OCH3 is 2. The number of nitrogens with zero attached hydrogens (tertiary/aromatic N) is 6. The standard InChI is InChI=1S/C22H31N7O3/c1-31-17-13-16(14-18(32-2)19(17)30)15-23-27-20-24-21(28-9-5-3-6-10-28)26-22(25-20)29-11-7-4-8-12-29/h13-15,30H,3-12H2,1-2H3,(H,24,25,26,27). The number of aromatic hydroxyl groups is 1. The zero-order valence-corrected chi connectivity index (χ0v) is 18.8. The van der Waals surface area contributed by atoms with Crippen LogP contribution in [0.2, 0.25) is 0 Å². The number of hydrazone groups is 1. The molecule has 0 atom stereocenters. The van der Waals surface area contributed by atoms with Crippen LogP contribution in [0.5, 0.6) is 17.2 Å². The third kappa shape index (κ3) is 5.12. The third-order valence-electron chi connectivity index (χ3n) is 5.77. The van der Waals surface area contributed by atoms with Gasteiger partial charge in [-0.3, -0.25) is 0 Å². The fraction of sp³-hybridized carbons (Fsp3) is 0.545. The van der Waals surface area contributed by atoms with E-state index in [9.17, 15) is 5.11 Å². The molecule has 32 heavy (non-hydrogen) atoms. The minimum absolute atomic E-state index is 0.0464. The molecule has 10 nitrogen and oxygen atoms in total. The predicted molar refractivity (Wildman–Crippen MR) is 124 cm³/mol. The van der Waals surface area contributed by atoms with Crippen molar-refractivity contribution in [2.45, 2.75) is 38.5 Å². The SMILES string of the molecule is COc1cc(C=NNc2nc(N3CCCCC3)nc(N3CCCCC3)n2)cc(OC)c1O. The van der Waals surface area contributed by atoms with E-state index in [1.165, 1.54) is 27.1 Å². The van der Waals surface area contributed by atoms with Gasteiger partial charge in [-0.15, -0.1) is 0 Å². The molecule has 0 amide bonds. The zero-order chi connectivity index (χ0) is 22.3. The molecule has 0 saturated carbocycles. The van der Waals surface area contributed by atoms with Gasteiger partial charge in [0.2, 0.25) is 23.6 Å². The Morgan fingerprint density at radius 1 is 0.844 bits per heavy atom. The Hall–Kier alpha value is -3.30. The number of benzene rings is 1. The number of hydrogen-bond acceptors (Lipinski definition) is 10. The van der Waals surface area contributed by atoms with Crippen molar-refractivity contribution in [3.8, 4) is 17.2 Å². The average molecular weight is 442 g/mol. The largest absolute Gasteiger partial charge is 0.502 e. The van der Waals surface area contributed by atoms with Crippen molar-refractivity contribution in [1.29, 1.82) is 0 Å². The quantitative estimate of drug-likeness (QED) is 0.495. The molecule has 2 saturated heterocycles. The number of rotatable bonds is 7. The molecule has 3 heterocycles. The molecule has 172 valence electrons. The normalized spacial score (nSPS) is 16.9. The van der Waals surface area contributed by atoms with Crippen LogP contribution < -0.4 is 24.7 Å². The zero-order valence-electron chi connectivity index (χ0n) is 18.8. The minimum Gasteiger partial charge on any atom is -0.502 e. The van der Waals surface area contributed by atoms with Crippen LogP contribution >= 0.6 is 0 Å². The first-order chi connectivity index (χ1) is 15.7. The van der Waals surface area contributed by atoms with Gasteiger partial charge in [0.05, 0.1) is 20.4 Å². The maximum absolute atomic E-state index is 10.1. The molecule has 0 spiro atoms. The van der Waals surface area contributed by atoms with Gasteiger partial charge in [0.15, 0.2) is 11.5 Å². The summed E-state index contributed by atoms with van der Waals surface area (Å²) < 4.78 is 10.4. The Morgan fingerprint density at radius 3 is 1.81 bits per heavy atom. The number of hydrogen-bond donors (Lipinski definition) is 2. The van der Waals surface area contributed by atoms with Crippen molar-refractivity contribution >= 4 is 24.1 Å². The number of nitrogens with one attached hydrogen (secondary N) is 1. The Labute approximate surface area is 188 Å². The lowest BCUT2D eigenvalue weighted by Gasteiger charge is -2.30. The summed E-state index contributed by atoms with van der Waals surface area (Å²) in [6, 6.07) is 3.35. The van der Waals surface area contributed by atoms with Crippen LogP contribution in [0.4, 0.5) is 17.8 Å². The number of aromatic nitrogens is 3. The molecular weight excluding hydrogens is 410 g/mol. The summed E-state index contributed by atoms with van der Waals surface area (Å²) in [4.78, 5) is 18.5. The summed E-state index contributed by atoms with van der Waals surface area (Å²) in [5.41, 5.74) is 3.65. The molecule has 0 aliphatic carbocycles. The highest BCUT2D eigenvalue weighted by Crippen LogP contribution is 2.36. The number of anilines is 3. The number of ether oxygens (including phenoxy) is 2. The highest BCUT2D eigenvalue weighted by molar-refractivity contribution is 5.82. The van der Waals surface area contributed by atoms with Gasteiger partial charge in [-0.1, -0.05) is 0 Å². The number of phenols is 1. The lowest BCUT2D eigenvalue weighted by Crippen LogP contribution is -2.34. The van der Waals surface area contributed by atoms with Crippen LogP contribution in [-0.2, 0) is 0 Å². The molecule has 0 unspecified atom stereocenters. The second-order valence-corrected chi connectivity index (χ2v) is 8.00. The molecule has 2 aliphatic rings. The monoisotopic (exact) mass is 441 g/mol. The molecule has 1 aromatic carbocycles. The van der Waals surface area contributed by atoms with E-state index >= 15 is 0 Å². The molecule has 1 aromatic heterocycles. The van der Waals surface area contributed by atoms with Gasteiger partial charge in [0.25, 0.3) is 0 Å².